The van der Waals surface area contributed by atoms with Gasteiger partial charge < -0.3 is 9.30 Å². The van der Waals surface area contributed by atoms with E-state index in [0.29, 0.717) is 0 Å². The van der Waals surface area contributed by atoms with Gasteiger partial charge in [0.2, 0.25) is 0 Å². The van der Waals surface area contributed by atoms with Crippen LogP contribution in [0.4, 0.5) is 4.39 Å². The minimum Gasteiger partial charge on any atom is -0.489 e. The second kappa shape index (κ2) is 3.25. The first-order valence-corrected chi connectivity index (χ1v) is 3.13. The summed E-state index contributed by atoms with van der Waals surface area (Å²) in [5.41, 5.74) is 0. The third-order valence-corrected chi connectivity index (χ3v) is 1.15. The number of rotatable bonds is 3. The van der Waals surface area contributed by atoms with Gasteiger partial charge in [-0.15, -0.1) is 0 Å². The molecule has 0 bridgehead atoms. The average molecular weight is 143 g/mol. The van der Waals surface area contributed by atoms with Crippen molar-refractivity contribution >= 4 is 0 Å². The Morgan fingerprint density at radius 3 is 3.00 bits per heavy atom. The molecule has 0 saturated heterocycles. The van der Waals surface area contributed by atoms with Crippen molar-refractivity contribution in [2.75, 3.05) is 13.3 Å². The van der Waals surface area contributed by atoms with Crippen molar-refractivity contribution < 1.29 is 9.13 Å². The highest BCUT2D eigenvalue weighted by atomic mass is 19.1. The fourth-order valence-electron chi connectivity index (χ4n) is 0.720. The predicted molar refractivity (Wildman–Crippen MR) is 36.9 cm³/mol. The zero-order chi connectivity index (χ0) is 7.40. The van der Waals surface area contributed by atoms with Gasteiger partial charge in [-0.25, -0.2) is 4.39 Å². The third kappa shape index (κ3) is 1.76. The van der Waals surface area contributed by atoms with Gasteiger partial charge in [0.1, 0.15) is 19.0 Å². The lowest BCUT2D eigenvalue weighted by atomic mass is 10.6. The summed E-state index contributed by atoms with van der Waals surface area (Å²) < 4.78 is 18.4. The molecule has 0 saturated carbocycles. The van der Waals surface area contributed by atoms with Crippen LogP contribution in [0.2, 0.25) is 0 Å². The molecular weight excluding hydrogens is 133 g/mol. The van der Waals surface area contributed by atoms with Crippen LogP contribution >= 0.6 is 0 Å². The molecule has 1 aromatic rings. The molecule has 0 radical (unpaired) electrons. The Balaban J connectivity index is 2.42. The van der Waals surface area contributed by atoms with Crippen LogP contribution in [0.15, 0.2) is 18.5 Å². The van der Waals surface area contributed by atoms with E-state index in [4.69, 9.17) is 4.74 Å². The van der Waals surface area contributed by atoms with Crippen LogP contribution in [0.5, 0.6) is 5.75 Å². The summed E-state index contributed by atoms with van der Waals surface area (Å²) in [5, 5.41) is 0. The highest BCUT2D eigenvalue weighted by Crippen LogP contribution is 2.08. The Hall–Kier alpha value is -0.990. The molecule has 0 aliphatic rings. The Kier molecular flexibility index (Phi) is 2.31. The van der Waals surface area contributed by atoms with Gasteiger partial charge in [-0.3, -0.25) is 0 Å². The van der Waals surface area contributed by atoms with Crippen LogP contribution < -0.4 is 4.74 Å². The number of ether oxygens (including phenoxy) is 1. The summed E-state index contributed by atoms with van der Waals surface area (Å²) in [6, 6.07) is 1.80. The maximum absolute atomic E-state index is 11.6. The maximum Gasteiger partial charge on any atom is 0.137 e. The summed E-state index contributed by atoms with van der Waals surface area (Å²) >= 11 is 0. The van der Waals surface area contributed by atoms with Crippen molar-refractivity contribution in [1.82, 2.24) is 4.57 Å². The molecule has 0 aromatic carbocycles. The fraction of sp³-hybridized carbons (Fsp3) is 0.429. The molecule has 3 heteroatoms. The van der Waals surface area contributed by atoms with Gasteiger partial charge in [0, 0.05) is 19.4 Å². The quantitative estimate of drug-likeness (QED) is 0.623. The van der Waals surface area contributed by atoms with Crippen molar-refractivity contribution in [1.29, 1.82) is 0 Å². The smallest absolute Gasteiger partial charge is 0.137 e. The summed E-state index contributed by atoms with van der Waals surface area (Å²) in [6.07, 6.45) is 3.66. The van der Waals surface area contributed by atoms with Crippen LogP contribution in [-0.4, -0.2) is 17.8 Å². The molecule has 10 heavy (non-hydrogen) atoms. The molecule has 1 rings (SSSR count). The first-order valence-electron chi connectivity index (χ1n) is 3.13. The highest BCUT2D eigenvalue weighted by Gasteiger charge is 1.92. The Morgan fingerprint density at radius 1 is 1.70 bits per heavy atom. The molecule has 0 N–H and O–H groups in total. The predicted octanol–water partition coefficient (Wildman–Crippen LogP) is 1.37. The Bertz CT molecular complexity index is 197. The standard InChI is InChI=1S/C7H10FNO/c1-9-4-2-7(6-9)10-5-3-8/h2,4,6H,3,5H2,1H3. The first-order chi connectivity index (χ1) is 4.83. The molecule has 0 aliphatic carbocycles. The number of aromatic nitrogens is 1. The Morgan fingerprint density at radius 2 is 2.50 bits per heavy atom. The molecule has 0 unspecified atom stereocenters. The lowest BCUT2D eigenvalue weighted by Crippen LogP contribution is -1.97. The number of halogens is 1. The summed E-state index contributed by atoms with van der Waals surface area (Å²) in [7, 11) is 1.89. The van der Waals surface area contributed by atoms with Crippen LogP contribution in [0, 0.1) is 0 Å². The molecular formula is C7H10FNO. The highest BCUT2D eigenvalue weighted by molar-refractivity contribution is 5.16. The van der Waals surface area contributed by atoms with Gasteiger partial charge in [-0.05, 0) is 6.07 Å². The van der Waals surface area contributed by atoms with E-state index < -0.39 is 6.67 Å². The van der Waals surface area contributed by atoms with Gasteiger partial charge in [0.05, 0.1) is 0 Å². The van der Waals surface area contributed by atoms with Crippen LogP contribution in [0.1, 0.15) is 0 Å². The minimum atomic E-state index is -0.436. The maximum atomic E-state index is 11.6. The second-order valence-corrected chi connectivity index (χ2v) is 2.05. The van der Waals surface area contributed by atoms with Gasteiger partial charge in [0.15, 0.2) is 0 Å². The van der Waals surface area contributed by atoms with Crippen molar-refractivity contribution in [3.8, 4) is 5.75 Å². The monoisotopic (exact) mass is 143 g/mol. The molecule has 1 heterocycles. The van der Waals surface area contributed by atoms with Crippen molar-refractivity contribution in [2.45, 2.75) is 0 Å². The van der Waals surface area contributed by atoms with Crippen molar-refractivity contribution in [3.63, 3.8) is 0 Å². The van der Waals surface area contributed by atoms with E-state index in [9.17, 15) is 4.39 Å². The number of aryl methyl sites for hydroxylation is 1. The van der Waals surface area contributed by atoms with E-state index in [2.05, 4.69) is 0 Å². The van der Waals surface area contributed by atoms with E-state index in [1.165, 1.54) is 0 Å². The van der Waals surface area contributed by atoms with Gasteiger partial charge in [-0.1, -0.05) is 0 Å². The molecule has 1 aromatic heterocycles. The minimum absolute atomic E-state index is 0.143. The topological polar surface area (TPSA) is 14.2 Å². The summed E-state index contributed by atoms with van der Waals surface area (Å²) in [6.45, 7) is -0.293. The summed E-state index contributed by atoms with van der Waals surface area (Å²) in [4.78, 5) is 0. The van der Waals surface area contributed by atoms with Gasteiger partial charge >= 0.3 is 0 Å². The number of hydrogen-bond donors (Lipinski definition) is 0. The van der Waals surface area contributed by atoms with Crippen molar-refractivity contribution in [3.05, 3.63) is 18.5 Å². The molecule has 0 atom stereocenters. The van der Waals surface area contributed by atoms with E-state index >= 15 is 0 Å². The lowest BCUT2D eigenvalue weighted by molar-refractivity contribution is 0.273. The van der Waals surface area contributed by atoms with Crippen molar-refractivity contribution in [2.24, 2.45) is 7.05 Å². The van der Waals surface area contributed by atoms with E-state index in [1.54, 1.807) is 12.3 Å². The second-order valence-electron chi connectivity index (χ2n) is 2.05. The zero-order valence-electron chi connectivity index (χ0n) is 5.88. The fourth-order valence-corrected chi connectivity index (χ4v) is 0.720. The average Bonchev–Trinajstić information content (AvgIpc) is 2.31. The Labute approximate surface area is 59.2 Å². The molecule has 2 nitrogen and oxygen atoms in total. The third-order valence-electron chi connectivity index (χ3n) is 1.15. The van der Waals surface area contributed by atoms with Crippen LogP contribution in [0.25, 0.3) is 0 Å². The van der Waals surface area contributed by atoms with Gasteiger partial charge in [0.25, 0.3) is 0 Å². The van der Waals surface area contributed by atoms with E-state index in [0.717, 1.165) is 5.75 Å². The van der Waals surface area contributed by atoms with Crippen LogP contribution in [0.3, 0.4) is 0 Å². The number of nitrogens with zero attached hydrogens (tertiary/aromatic N) is 1. The molecule has 0 aliphatic heterocycles. The molecule has 56 valence electrons. The molecule has 0 spiro atoms. The number of alkyl halides is 1. The van der Waals surface area contributed by atoms with E-state index in [1.807, 2.05) is 17.8 Å². The SMILES string of the molecule is Cn1ccc(OCCF)c1. The van der Waals surface area contributed by atoms with E-state index in [-0.39, 0.29) is 6.61 Å². The zero-order valence-corrected chi connectivity index (χ0v) is 5.88. The molecule has 0 amide bonds. The summed E-state index contributed by atoms with van der Waals surface area (Å²) in [5.74, 6) is 0.722. The largest absolute Gasteiger partial charge is 0.489 e. The number of hydrogen-bond acceptors (Lipinski definition) is 1. The van der Waals surface area contributed by atoms with Gasteiger partial charge in [-0.2, -0.15) is 0 Å². The van der Waals surface area contributed by atoms with Crippen LogP contribution in [-0.2, 0) is 7.05 Å². The first kappa shape index (κ1) is 7.12. The lowest BCUT2D eigenvalue weighted by Gasteiger charge is -1.97. The molecule has 0 fully saturated rings. The normalized spacial score (nSPS) is 9.80.